The second-order valence-corrected chi connectivity index (χ2v) is 4.91. The van der Waals surface area contributed by atoms with Gasteiger partial charge in [0, 0.05) is 12.1 Å². The van der Waals surface area contributed by atoms with Crippen molar-refractivity contribution in [3.63, 3.8) is 0 Å². The summed E-state index contributed by atoms with van der Waals surface area (Å²) in [6.07, 6.45) is 2.40. The molecular weight excluding hydrogens is 212 g/mol. The minimum Gasteiger partial charge on any atom is -0.496 e. The number of ether oxygens (including phenoxy) is 1. The van der Waals surface area contributed by atoms with E-state index in [1.54, 1.807) is 7.11 Å². The lowest BCUT2D eigenvalue weighted by Gasteiger charge is -2.22. The standard InChI is InChI=1S/C14H22N2O/c1-9-8-13(17-3)10(2)7-11(9)14(15)12-5-4-6-16-12/h7-8,12,14,16H,4-6,15H2,1-3H3. The van der Waals surface area contributed by atoms with Crippen LogP contribution in [0.1, 0.15) is 35.6 Å². The summed E-state index contributed by atoms with van der Waals surface area (Å²) >= 11 is 0. The molecule has 0 amide bonds. The van der Waals surface area contributed by atoms with Crippen LogP contribution in [-0.4, -0.2) is 19.7 Å². The predicted octanol–water partition coefficient (Wildman–Crippen LogP) is 2.06. The number of rotatable bonds is 3. The van der Waals surface area contributed by atoms with E-state index in [0.29, 0.717) is 6.04 Å². The SMILES string of the molecule is COc1cc(C)c(C(N)C2CCCN2)cc1C. The Kier molecular flexibility index (Phi) is 3.69. The van der Waals surface area contributed by atoms with Crippen LogP contribution < -0.4 is 15.8 Å². The highest BCUT2D eigenvalue weighted by Crippen LogP contribution is 2.29. The Morgan fingerprint density at radius 3 is 2.71 bits per heavy atom. The van der Waals surface area contributed by atoms with Gasteiger partial charge in [-0.15, -0.1) is 0 Å². The summed E-state index contributed by atoms with van der Waals surface area (Å²) in [6, 6.07) is 4.75. The Morgan fingerprint density at radius 2 is 2.12 bits per heavy atom. The molecule has 1 aromatic carbocycles. The van der Waals surface area contributed by atoms with Crippen LogP contribution in [0.4, 0.5) is 0 Å². The maximum atomic E-state index is 6.36. The van der Waals surface area contributed by atoms with Gasteiger partial charge < -0.3 is 15.8 Å². The van der Waals surface area contributed by atoms with Crippen LogP contribution in [0.15, 0.2) is 12.1 Å². The van der Waals surface area contributed by atoms with Gasteiger partial charge in [-0.3, -0.25) is 0 Å². The molecule has 3 nitrogen and oxygen atoms in total. The molecule has 3 heteroatoms. The lowest BCUT2D eigenvalue weighted by Crippen LogP contribution is -2.34. The van der Waals surface area contributed by atoms with E-state index in [4.69, 9.17) is 10.5 Å². The molecule has 2 atom stereocenters. The molecule has 1 aromatic rings. The minimum atomic E-state index is 0.0853. The number of methoxy groups -OCH3 is 1. The molecule has 0 aromatic heterocycles. The zero-order valence-electron chi connectivity index (χ0n) is 10.9. The monoisotopic (exact) mass is 234 g/mol. The van der Waals surface area contributed by atoms with Crippen LogP contribution in [0.25, 0.3) is 0 Å². The van der Waals surface area contributed by atoms with Gasteiger partial charge in [-0.1, -0.05) is 6.07 Å². The quantitative estimate of drug-likeness (QED) is 0.841. The summed E-state index contributed by atoms with van der Waals surface area (Å²) in [5.74, 6) is 0.942. The molecule has 3 N–H and O–H groups in total. The molecule has 0 aliphatic carbocycles. The van der Waals surface area contributed by atoms with Gasteiger partial charge in [-0.05, 0) is 56.0 Å². The summed E-state index contributed by atoms with van der Waals surface area (Å²) in [4.78, 5) is 0. The second kappa shape index (κ2) is 5.07. The topological polar surface area (TPSA) is 47.3 Å². The fourth-order valence-corrected chi connectivity index (χ4v) is 2.63. The van der Waals surface area contributed by atoms with Gasteiger partial charge in [0.2, 0.25) is 0 Å². The number of nitrogens with one attached hydrogen (secondary N) is 1. The van der Waals surface area contributed by atoms with E-state index >= 15 is 0 Å². The van der Waals surface area contributed by atoms with Crippen molar-refractivity contribution in [2.24, 2.45) is 5.73 Å². The van der Waals surface area contributed by atoms with Crippen LogP contribution in [-0.2, 0) is 0 Å². The van der Waals surface area contributed by atoms with Gasteiger partial charge in [-0.25, -0.2) is 0 Å². The third-order valence-corrected chi connectivity index (χ3v) is 3.67. The molecule has 17 heavy (non-hydrogen) atoms. The number of hydrogen-bond donors (Lipinski definition) is 2. The largest absolute Gasteiger partial charge is 0.496 e. The van der Waals surface area contributed by atoms with Gasteiger partial charge in [-0.2, -0.15) is 0 Å². The maximum Gasteiger partial charge on any atom is 0.122 e. The molecule has 1 aliphatic rings. The average molecular weight is 234 g/mol. The third kappa shape index (κ3) is 2.45. The molecule has 1 fully saturated rings. The Bertz CT molecular complexity index is 397. The molecule has 0 spiro atoms. The zero-order valence-corrected chi connectivity index (χ0v) is 10.9. The van der Waals surface area contributed by atoms with Crippen LogP contribution in [0.5, 0.6) is 5.75 Å². The van der Waals surface area contributed by atoms with E-state index in [0.717, 1.165) is 17.9 Å². The van der Waals surface area contributed by atoms with Crippen molar-refractivity contribution in [1.29, 1.82) is 0 Å². The van der Waals surface area contributed by atoms with Crippen LogP contribution in [0.2, 0.25) is 0 Å². The van der Waals surface area contributed by atoms with Gasteiger partial charge in [0.15, 0.2) is 0 Å². The van der Waals surface area contributed by atoms with Gasteiger partial charge in [0.05, 0.1) is 7.11 Å². The van der Waals surface area contributed by atoms with Crippen LogP contribution in [0, 0.1) is 13.8 Å². The number of hydrogen-bond acceptors (Lipinski definition) is 3. The Labute approximate surface area is 103 Å². The first kappa shape index (κ1) is 12.4. The summed E-state index contributed by atoms with van der Waals surface area (Å²) in [5, 5.41) is 3.47. The smallest absolute Gasteiger partial charge is 0.122 e. The van der Waals surface area contributed by atoms with E-state index < -0.39 is 0 Å². The molecule has 0 bridgehead atoms. The van der Waals surface area contributed by atoms with Crippen molar-refractivity contribution in [1.82, 2.24) is 5.32 Å². The highest BCUT2D eigenvalue weighted by Gasteiger charge is 2.24. The average Bonchev–Trinajstić information content (AvgIpc) is 2.84. The van der Waals surface area contributed by atoms with Gasteiger partial charge >= 0.3 is 0 Å². The Hall–Kier alpha value is -1.06. The number of benzene rings is 1. The third-order valence-electron chi connectivity index (χ3n) is 3.67. The number of aryl methyl sites for hydroxylation is 2. The van der Waals surface area contributed by atoms with Crippen molar-refractivity contribution in [3.05, 3.63) is 28.8 Å². The lowest BCUT2D eigenvalue weighted by atomic mass is 9.93. The minimum absolute atomic E-state index is 0.0853. The first-order chi connectivity index (χ1) is 8.13. The normalized spacial score (nSPS) is 21.5. The molecule has 1 aliphatic heterocycles. The summed E-state index contributed by atoms with van der Waals surface area (Å²) < 4.78 is 5.33. The van der Waals surface area contributed by atoms with Crippen LogP contribution in [0.3, 0.4) is 0 Å². The predicted molar refractivity (Wildman–Crippen MR) is 70.4 cm³/mol. The van der Waals surface area contributed by atoms with E-state index in [1.807, 2.05) is 0 Å². The molecule has 94 valence electrons. The highest BCUT2D eigenvalue weighted by atomic mass is 16.5. The fraction of sp³-hybridized carbons (Fsp3) is 0.571. The molecule has 1 heterocycles. The zero-order chi connectivity index (χ0) is 12.4. The lowest BCUT2D eigenvalue weighted by molar-refractivity contribution is 0.410. The molecule has 0 radical (unpaired) electrons. The van der Waals surface area contributed by atoms with Gasteiger partial charge in [0.1, 0.15) is 5.75 Å². The van der Waals surface area contributed by atoms with E-state index in [1.165, 1.54) is 24.0 Å². The first-order valence-electron chi connectivity index (χ1n) is 6.27. The summed E-state index contributed by atoms with van der Waals surface area (Å²) in [6.45, 7) is 5.26. The summed E-state index contributed by atoms with van der Waals surface area (Å²) in [7, 11) is 1.71. The van der Waals surface area contributed by atoms with Crippen LogP contribution >= 0.6 is 0 Å². The highest BCUT2D eigenvalue weighted by molar-refractivity contribution is 5.43. The summed E-state index contributed by atoms with van der Waals surface area (Å²) in [5.41, 5.74) is 9.97. The molecule has 1 saturated heterocycles. The molecular formula is C14H22N2O. The van der Waals surface area contributed by atoms with Crippen molar-refractivity contribution in [2.75, 3.05) is 13.7 Å². The van der Waals surface area contributed by atoms with Crippen molar-refractivity contribution >= 4 is 0 Å². The van der Waals surface area contributed by atoms with E-state index in [2.05, 4.69) is 31.3 Å². The van der Waals surface area contributed by atoms with Crippen molar-refractivity contribution in [2.45, 2.75) is 38.8 Å². The van der Waals surface area contributed by atoms with Crippen molar-refractivity contribution in [3.8, 4) is 5.75 Å². The Balaban J connectivity index is 2.28. The van der Waals surface area contributed by atoms with Gasteiger partial charge in [0.25, 0.3) is 0 Å². The van der Waals surface area contributed by atoms with Crippen molar-refractivity contribution < 1.29 is 4.74 Å². The fourth-order valence-electron chi connectivity index (χ4n) is 2.63. The Morgan fingerprint density at radius 1 is 1.35 bits per heavy atom. The van der Waals surface area contributed by atoms with E-state index in [-0.39, 0.29) is 6.04 Å². The van der Waals surface area contributed by atoms with E-state index in [9.17, 15) is 0 Å². The number of nitrogens with two attached hydrogens (primary N) is 1. The maximum absolute atomic E-state index is 6.36. The molecule has 2 rings (SSSR count). The first-order valence-corrected chi connectivity index (χ1v) is 6.27. The molecule has 2 unspecified atom stereocenters. The second-order valence-electron chi connectivity index (χ2n) is 4.91. The molecule has 0 saturated carbocycles.